The molecule has 3 aliphatic rings. The van der Waals surface area contributed by atoms with Crippen LogP contribution in [0.3, 0.4) is 0 Å². The highest BCUT2D eigenvalue weighted by atomic mass is 35.5. The van der Waals surface area contributed by atoms with Gasteiger partial charge in [-0.15, -0.1) is 0 Å². The molecule has 5 aromatic carbocycles. The van der Waals surface area contributed by atoms with Crippen molar-refractivity contribution in [1.82, 2.24) is 36.1 Å². The molecule has 112 heavy (non-hydrogen) atoms. The lowest BCUT2D eigenvalue weighted by Gasteiger charge is -2.24. The van der Waals surface area contributed by atoms with Gasteiger partial charge in [-0.2, -0.15) is 0 Å². The minimum atomic E-state index is -4.32. The molecular weight excluding hydrogens is 1570 g/mol. The Kier molecular flexibility index (Phi) is 24.5. The van der Waals surface area contributed by atoms with Crippen LogP contribution in [0.25, 0.3) is 66.5 Å². The first-order valence-corrected chi connectivity index (χ1v) is 45.9. The maximum absolute atomic E-state index is 13.9. The van der Waals surface area contributed by atoms with Gasteiger partial charge in [0.05, 0.1) is 38.2 Å². The number of hydrogen-bond acceptors (Lipinski definition) is 14. The van der Waals surface area contributed by atoms with Crippen molar-refractivity contribution in [2.45, 2.75) is 214 Å². The zero-order valence-electron chi connectivity index (χ0n) is 64.3. The number of nitrogens with two attached hydrogens (primary N) is 1. The van der Waals surface area contributed by atoms with Crippen molar-refractivity contribution < 1.29 is 61.2 Å². The van der Waals surface area contributed by atoms with Gasteiger partial charge >= 0.3 is 12.2 Å². The van der Waals surface area contributed by atoms with Gasteiger partial charge in [-0.05, 0) is 179 Å². The van der Waals surface area contributed by atoms with E-state index in [1.807, 2.05) is 69.4 Å². The maximum atomic E-state index is 13.9. The van der Waals surface area contributed by atoms with Crippen LogP contribution in [0.1, 0.15) is 155 Å². The normalized spacial score (nSPS) is 15.4. The first-order chi connectivity index (χ1) is 52.8. The molecule has 30 heteroatoms. The van der Waals surface area contributed by atoms with Crippen molar-refractivity contribution in [1.29, 1.82) is 0 Å². The fourth-order valence-electron chi connectivity index (χ4n) is 15.8. The number of carbonyl (C=O) groups is 2. The molecule has 3 aliphatic carbocycles. The van der Waals surface area contributed by atoms with Gasteiger partial charge in [-0.3, -0.25) is 0 Å². The van der Waals surface area contributed by atoms with E-state index >= 15 is 0 Å². The first kappa shape index (κ1) is 82.8. The molecule has 598 valence electrons. The monoisotopic (exact) mass is 1660 g/mol. The molecular formula is C82H97Cl2N9O14S5. The molecule has 5 N–H and O–H groups in total. The molecule has 3 fully saturated rings. The smallest absolute Gasteiger partial charge is 0.421 e. The highest BCUT2D eigenvalue weighted by molar-refractivity contribution is 7.91. The first-order valence-electron chi connectivity index (χ1n) is 37.8. The summed E-state index contributed by atoms with van der Waals surface area (Å²) in [5.74, 6) is 1.24. The number of nitrogens with one attached hydrogen (secondary N) is 3. The van der Waals surface area contributed by atoms with Crippen molar-refractivity contribution in [3.8, 4) is 33.8 Å². The van der Waals surface area contributed by atoms with E-state index in [0.29, 0.717) is 92.2 Å². The third kappa shape index (κ3) is 18.1. The van der Waals surface area contributed by atoms with E-state index in [-0.39, 0.29) is 34.5 Å². The van der Waals surface area contributed by atoms with E-state index in [9.17, 15) is 51.7 Å². The summed E-state index contributed by atoms with van der Waals surface area (Å²) >= 11 is 12.6. The van der Waals surface area contributed by atoms with Crippen molar-refractivity contribution in [3.63, 3.8) is 0 Å². The number of rotatable bonds is 18. The predicted octanol–water partition coefficient (Wildman–Crippen LogP) is 18.4. The fraction of sp³-hybridized carbons (Fsp3) is 0.390. The highest BCUT2D eigenvalue weighted by Crippen LogP contribution is 2.43. The highest BCUT2D eigenvalue weighted by Gasteiger charge is 2.35. The van der Waals surface area contributed by atoms with E-state index in [4.69, 9.17) is 37.8 Å². The summed E-state index contributed by atoms with van der Waals surface area (Å²) in [7, 11) is -20.5. The third-order valence-corrected chi connectivity index (χ3v) is 29.3. The van der Waals surface area contributed by atoms with Crippen LogP contribution in [0.4, 0.5) is 9.59 Å². The molecule has 0 radical (unpaired) electrons. The summed E-state index contributed by atoms with van der Waals surface area (Å²) in [5, 5.41) is 8.15. The molecule has 0 unspecified atom stereocenters. The third-order valence-electron chi connectivity index (χ3n) is 21.1. The second-order valence-corrected chi connectivity index (χ2v) is 40.6. The summed E-state index contributed by atoms with van der Waals surface area (Å²) in [5.41, 5.74) is 5.96. The molecule has 0 atom stereocenters. The number of amides is 2. The van der Waals surface area contributed by atoms with Crippen LogP contribution < -0.4 is 14.6 Å². The molecule has 2 amide bonds. The fourth-order valence-corrected chi connectivity index (χ4v) is 22.6. The summed E-state index contributed by atoms with van der Waals surface area (Å²) in [6.45, 7) is 17.3. The number of ether oxygens (including phenoxy) is 2. The van der Waals surface area contributed by atoms with Crippen LogP contribution in [0.2, 0.25) is 10.0 Å². The Hall–Kier alpha value is -8.61. The van der Waals surface area contributed by atoms with Crippen LogP contribution >= 0.6 is 23.2 Å². The summed E-state index contributed by atoms with van der Waals surface area (Å²) < 4.78 is 157. The van der Waals surface area contributed by atoms with Crippen LogP contribution in [-0.4, -0.2) is 92.1 Å². The van der Waals surface area contributed by atoms with Crippen molar-refractivity contribution in [3.05, 3.63) is 185 Å². The second kappa shape index (κ2) is 33.1. The summed E-state index contributed by atoms with van der Waals surface area (Å²) in [4.78, 5) is 28.1. The lowest BCUT2D eigenvalue weighted by Crippen LogP contribution is -2.36. The molecule has 11 aromatic rings. The molecule has 23 nitrogen and oxygen atoms in total. The van der Waals surface area contributed by atoms with Crippen LogP contribution in [-0.2, 0) is 79.2 Å². The number of primary sulfonamides is 1. The Balaban J connectivity index is 0.000000157. The second-order valence-electron chi connectivity index (χ2n) is 31.4. The largest absolute Gasteiger partial charge is 0.443 e. The van der Waals surface area contributed by atoms with Gasteiger partial charge < -0.3 is 28.2 Å². The quantitative estimate of drug-likeness (QED) is 0.0621. The van der Waals surface area contributed by atoms with Crippen LogP contribution in [0.15, 0.2) is 183 Å². The van der Waals surface area contributed by atoms with Crippen molar-refractivity contribution >= 4 is 118 Å². The number of sulfonamides is 3. The molecule has 6 heterocycles. The lowest BCUT2D eigenvalue weighted by molar-refractivity contribution is 0.0557. The molecule has 0 aliphatic heterocycles. The maximum Gasteiger partial charge on any atom is 0.421 e. The van der Waals surface area contributed by atoms with E-state index in [1.54, 1.807) is 128 Å². The molecule has 6 aromatic heterocycles. The van der Waals surface area contributed by atoms with Gasteiger partial charge in [-0.25, -0.2) is 74.2 Å². The van der Waals surface area contributed by atoms with Gasteiger partial charge in [0.2, 0.25) is 10.0 Å². The SMILES string of the molecule is Cc1c(S(=O)(=O)NC(=O)OC(C)(C)C)cc(-c2c[nH]c3ccccc23)n1CC1CCCCC1.Cc1c(S(=O)(=O)NC(=O)OC(C)(C)C)cc(-c2cn(S(=O)(=O)c3ccccc3Cl)c3ccccc23)n1CC1CCCCC1.Cc1c(S(N)(=O)=O)cc(-c2cn(S(=O)(=O)c3ccccc3Cl)c3ccccc23)n1CC1CCCCC1. The number of carbonyl (C=O) groups excluding carboxylic acids is 2. The Morgan fingerprint density at radius 2 is 0.759 bits per heavy atom. The van der Waals surface area contributed by atoms with Gasteiger partial charge in [0.25, 0.3) is 40.1 Å². The number of aromatic amines is 1. The van der Waals surface area contributed by atoms with E-state index in [0.717, 1.165) is 92.9 Å². The number of halogens is 2. The molecule has 14 rings (SSSR count). The van der Waals surface area contributed by atoms with Gasteiger partial charge in [0, 0.05) is 93.7 Å². The lowest BCUT2D eigenvalue weighted by atomic mass is 9.89. The van der Waals surface area contributed by atoms with E-state index < -0.39 is 73.5 Å². The molecule has 0 bridgehead atoms. The number of para-hydroxylation sites is 3. The Bertz CT molecular complexity index is 5960. The molecule has 3 saturated carbocycles. The number of fused-ring (bicyclic) bond motifs is 3. The topological polar surface area (TPSA) is 314 Å². The molecule has 0 saturated heterocycles. The number of benzene rings is 5. The van der Waals surface area contributed by atoms with Gasteiger partial charge in [0.1, 0.15) is 35.7 Å². The summed E-state index contributed by atoms with van der Waals surface area (Å²) in [6.07, 6.45) is 20.0. The number of H-pyrrole nitrogens is 1. The number of hydrogen-bond donors (Lipinski definition) is 4. The van der Waals surface area contributed by atoms with Crippen molar-refractivity contribution in [2.75, 3.05) is 0 Å². The van der Waals surface area contributed by atoms with E-state index in [1.165, 1.54) is 76.6 Å². The zero-order valence-corrected chi connectivity index (χ0v) is 69.9. The van der Waals surface area contributed by atoms with E-state index in [2.05, 4.69) is 14.3 Å². The Labute approximate surface area is 666 Å². The van der Waals surface area contributed by atoms with Gasteiger partial charge in [-0.1, -0.05) is 160 Å². The minimum Gasteiger partial charge on any atom is -0.443 e. The number of nitrogens with zero attached hydrogens (tertiary/aromatic N) is 5. The zero-order chi connectivity index (χ0) is 80.6. The number of aromatic nitrogens is 6. The Morgan fingerprint density at radius 3 is 1.12 bits per heavy atom. The van der Waals surface area contributed by atoms with Gasteiger partial charge in [0.15, 0.2) is 0 Å². The van der Waals surface area contributed by atoms with Crippen LogP contribution in [0, 0.1) is 38.5 Å². The summed E-state index contributed by atoms with van der Waals surface area (Å²) in [6, 6.07) is 39.5. The van der Waals surface area contributed by atoms with Crippen LogP contribution in [0.5, 0.6) is 0 Å². The predicted molar refractivity (Wildman–Crippen MR) is 439 cm³/mol. The van der Waals surface area contributed by atoms with Crippen molar-refractivity contribution in [2.24, 2.45) is 22.9 Å². The molecule has 0 spiro atoms. The Morgan fingerprint density at radius 1 is 0.438 bits per heavy atom. The standard InChI is InChI=1S/C31H36ClN3O6S2.C26H28ClN3O4S2.C25H33N3O4S/c1-21-29(42(37,38)33-30(36)41-31(2,3)4)18-27(34(21)19-22-12-6-5-7-13-22)24-20-35(26-16-10-8-14-23(24)26)43(39,40)28-17-11-9-15-25(28)32;1-18-26(35(28,31)32)15-24(29(18)16-19-9-3-2-4-10-19)21-17-30(23-13-7-5-11-20(21)23)36(33,34)25-14-8-6-12-22(25)27;1-17-23(33(30,31)27-24(29)32-25(2,3)4)14-22(28(17)16-18-10-6-5-7-11-18)20-15-26-21-13-9-8-12-19(20)21/h8-11,14-18,20,22H,5-7,12-13,19H2,1-4H3,(H,33,36);5-8,11-15,17,19H,2-4,9-10,16H2,1H3,(H2,28,31,32);8-9,12-15,18,26H,5-7,10-11,16H2,1-4H3,(H,27,29). The average Bonchev–Trinajstić information content (AvgIpc) is 1.58. The minimum absolute atomic E-state index is 0.00189. The average molecular weight is 1660 g/mol.